The summed E-state index contributed by atoms with van der Waals surface area (Å²) in [7, 11) is 3.71. The molecule has 0 saturated heterocycles. The van der Waals surface area contributed by atoms with Crippen molar-refractivity contribution in [1.82, 2.24) is 24.6 Å². The van der Waals surface area contributed by atoms with Gasteiger partial charge in [-0.15, -0.1) is 0 Å². The van der Waals surface area contributed by atoms with Crippen molar-refractivity contribution in [2.45, 2.75) is 6.10 Å². The van der Waals surface area contributed by atoms with Gasteiger partial charge in [-0.1, -0.05) is 24.3 Å². The molecule has 7 nitrogen and oxygen atoms in total. The first-order valence-corrected chi connectivity index (χ1v) is 8.99. The van der Waals surface area contributed by atoms with Crippen molar-refractivity contribution in [2.24, 2.45) is 14.1 Å². The van der Waals surface area contributed by atoms with E-state index in [2.05, 4.69) is 15.4 Å². The van der Waals surface area contributed by atoms with Gasteiger partial charge in [0, 0.05) is 43.8 Å². The van der Waals surface area contributed by atoms with Gasteiger partial charge in [0.05, 0.1) is 12.2 Å². The van der Waals surface area contributed by atoms with E-state index in [1.807, 2.05) is 48.1 Å². The van der Waals surface area contributed by atoms with Gasteiger partial charge in [0.15, 0.2) is 0 Å². The quantitative estimate of drug-likeness (QED) is 0.561. The second-order valence-electron chi connectivity index (χ2n) is 6.70. The van der Waals surface area contributed by atoms with Crippen LogP contribution in [0.3, 0.4) is 0 Å². The highest BCUT2D eigenvalue weighted by Crippen LogP contribution is 2.28. The summed E-state index contributed by atoms with van der Waals surface area (Å²) in [6.07, 6.45) is 4.27. The van der Waals surface area contributed by atoms with Gasteiger partial charge in [-0.25, -0.2) is 4.98 Å². The molecule has 0 bridgehead atoms. The standard InChI is InChI=1S/C21H21N5O2/c1-25-11-10-22-20(25)19(27)13-23-21(28)15-6-7-16-14(12-15)4-3-5-17(16)18-8-9-24-26(18)2/h3-12,19,27H,13H2,1-2H3,(H,23,28). The third kappa shape index (κ3) is 3.27. The summed E-state index contributed by atoms with van der Waals surface area (Å²) in [5, 5.41) is 19.2. The molecular formula is C21H21N5O2. The molecular weight excluding hydrogens is 354 g/mol. The van der Waals surface area contributed by atoms with Crippen LogP contribution in [-0.4, -0.2) is 36.9 Å². The Morgan fingerprint density at radius 2 is 2.04 bits per heavy atom. The first-order chi connectivity index (χ1) is 13.5. The van der Waals surface area contributed by atoms with Crippen molar-refractivity contribution < 1.29 is 9.90 Å². The van der Waals surface area contributed by atoms with Crippen LogP contribution in [0, 0.1) is 0 Å². The summed E-state index contributed by atoms with van der Waals surface area (Å²) in [4.78, 5) is 16.7. The van der Waals surface area contributed by atoms with Crippen molar-refractivity contribution in [2.75, 3.05) is 6.54 Å². The summed E-state index contributed by atoms with van der Waals surface area (Å²) in [6.45, 7) is 0.0940. The molecule has 0 radical (unpaired) electrons. The lowest BCUT2D eigenvalue weighted by Gasteiger charge is -2.13. The number of nitrogens with one attached hydrogen (secondary N) is 1. The van der Waals surface area contributed by atoms with E-state index in [4.69, 9.17) is 0 Å². The van der Waals surface area contributed by atoms with Gasteiger partial charge in [-0.2, -0.15) is 5.10 Å². The van der Waals surface area contributed by atoms with E-state index in [1.54, 1.807) is 36.3 Å². The number of hydrogen-bond acceptors (Lipinski definition) is 4. The summed E-state index contributed by atoms with van der Waals surface area (Å²) >= 11 is 0. The molecule has 0 spiro atoms. The molecule has 0 aliphatic carbocycles. The molecule has 1 unspecified atom stereocenters. The van der Waals surface area contributed by atoms with E-state index in [0.717, 1.165) is 22.0 Å². The lowest BCUT2D eigenvalue weighted by Crippen LogP contribution is -2.29. The van der Waals surface area contributed by atoms with E-state index in [0.29, 0.717) is 11.4 Å². The number of rotatable bonds is 5. The highest BCUT2D eigenvalue weighted by molar-refractivity contribution is 6.02. The maximum absolute atomic E-state index is 12.6. The fourth-order valence-electron chi connectivity index (χ4n) is 3.37. The topological polar surface area (TPSA) is 85.0 Å². The van der Waals surface area contributed by atoms with Gasteiger partial charge in [-0.3, -0.25) is 9.48 Å². The molecule has 4 aromatic rings. The average molecular weight is 375 g/mol. The van der Waals surface area contributed by atoms with Crippen LogP contribution in [-0.2, 0) is 14.1 Å². The minimum absolute atomic E-state index is 0.0940. The molecule has 1 atom stereocenters. The number of carbonyl (C=O) groups is 1. The summed E-state index contributed by atoms with van der Waals surface area (Å²) in [6, 6.07) is 13.6. The number of fused-ring (bicyclic) bond motifs is 1. The molecule has 0 fully saturated rings. The fourth-order valence-corrected chi connectivity index (χ4v) is 3.37. The number of aliphatic hydroxyl groups is 1. The van der Waals surface area contributed by atoms with Crippen molar-refractivity contribution in [3.05, 3.63) is 72.4 Å². The van der Waals surface area contributed by atoms with Crippen LogP contribution in [0.5, 0.6) is 0 Å². The lowest BCUT2D eigenvalue weighted by atomic mass is 10.00. The molecule has 2 heterocycles. The molecule has 2 aromatic carbocycles. The van der Waals surface area contributed by atoms with Crippen LogP contribution in [0.15, 0.2) is 61.1 Å². The predicted molar refractivity (Wildman–Crippen MR) is 107 cm³/mol. The highest BCUT2D eigenvalue weighted by atomic mass is 16.3. The highest BCUT2D eigenvalue weighted by Gasteiger charge is 2.15. The van der Waals surface area contributed by atoms with Gasteiger partial charge in [0.2, 0.25) is 0 Å². The number of nitrogens with zero attached hydrogens (tertiary/aromatic N) is 4. The third-order valence-electron chi connectivity index (χ3n) is 4.85. The number of aliphatic hydroxyl groups excluding tert-OH is 1. The Labute approximate surface area is 162 Å². The number of carbonyl (C=O) groups excluding carboxylic acids is 1. The molecule has 142 valence electrons. The van der Waals surface area contributed by atoms with Gasteiger partial charge in [0.1, 0.15) is 11.9 Å². The second kappa shape index (κ2) is 7.28. The van der Waals surface area contributed by atoms with Gasteiger partial charge in [0.25, 0.3) is 5.91 Å². The molecule has 4 rings (SSSR count). The zero-order valence-electron chi connectivity index (χ0n) is 15.7. The van der Waals surface area contributed by atoms with E-state index in [-0.39, 0.29) is 12.5 Å². The molecule has 1 amide bonds. The number of aryl methyl sites for hydroxylation is 2. The Hall–Kier alpha value is -3.45. The number of aromatic nitrogens is 4. The van der Waals surface area contributed by atoms with Crippen molar-refractivity contribution in [3.8, 4) is 11.3 Å². The van der Waals surface area contributed by atoms with Gasteiger partial charge >= 0.3 is 0 Å². The molecule has 0 aliphatic rings. The number of hydrogen-bond donors (Lipinski definition) is 2. The molecule has 28 heavy (non-hydrogen) atoms. The van der Waals surface area contributed by atoms with E-state index >= 15 is 0 Å². The maximum atomic E-state index is 12.6. The number of benzene rings is 2. The van der Waals surface area contributed by atoms with E-state index in [1.165, 1.54) is 0 Å². The Balaban J connectivity index is 1.55. The minimum Gasteiger partial charge on any atom is -0.383 e. The van der Waals surface area contributed by atoms with Gasteiger partial charge < -0.3 is 15.0 Å². The number of imidazole rings is 1. The summed E-state index contributed by atoms with van der Waals surface area (Å²) in [5.74, 6) is 0.278. The van der Waals surface area contributed by atoms with Crippen LogP contribution >= 0.6 is 0 Å². The zero-order valence-corrected chi connectivity index (χ0v) is 15.7. The molecule has 2 aromatic heterocycles. The fraction of sp³-hybridized carbons (Fsp3) is 0.190. The maximum Gasteiger partial charge on any atom is 0.251 e. The van der Waals surface area contributed by atoms with Crippen LogP contribution < -0.4 is 5.32 Å². The molecule has 0 saturated carbocycles. The SMILES string of the molecule is Cn1ccnc1C(O)CNC(=O)c1ccc2c(-c3ccnn3C)cccc2c1. The second-order valence-corrected chi connectivity index (χ2v) is 6.70. The van der Waals surface area contributed by atoms with Crippen molar-refractivity contribution >= 4 is 16.7 Å². The molecule has 0 aliphatic heterocycles. The van der Waals surface area contributed by atoms with Crippen LogP contribution in [0.1, 0.15) is 22.3 Å². The largest absolute Gasteiger partial charge is 0.383 e. The van der Waals surface area contributed by atoms with Gasteiger partial charge in [-0.05, 0) is 29.0 Å². The van der Waals surface area contributed by atoms with E-state index in [9.17, 15) is 9.90 Å². The summed E-state index contributed by atoms with van der Waals surface area (Å²) < 4.78 is 3.56. The van der Waals surface area contributed by atoms with E-state index < -0.39 is 6.10 Å². The minimum atomic E-state index is -0.860. The van der Waals surface area contributed by atoms with Crippen LogP contribution in [0.2, 0.25) is 0 Å². The monoisotopic (exact) mass is 375 g/mol. The Bertz CT molecular complexity index is 1140. The molecule has 7 heteroatoms. The Kier molecular flexibility index (Phi) is 4.67. The Morgan fingerprint density at radius 1 is 1.18 bits per heavy atom. The smallest absolute Gasteiger partial charge is 0.251 e. The first kappa shape index (κ1) is 17.9. The first-order valence-electron chi connectivity index (χ1n) is 8.99. The summed E-state index contributed by atoms with van der Waals surface area (Å²) in [5.41, 5.74) is 2.62. The third-order valence-corrected chi connectivity index (χ3v) is 4.85. The molecule has 2 N–H and O–H groups in total. The predicted octanol–water partition coefficient (Wildman–Crippen LogP) is 2.44. The van der Waals surface area contributed by atoms with Crippen molar-refractivity contribution in [3.63, 3.8) is 0 Å². The van der Waals surface area contributed by atoms with Crippen LogP contribution in [0.25, 0.3) is 22.0 Å². The van der Waals surface area contributed by atoms with Crippen LogP contribution in [0.4, 0.5) is 0 Å². The zero-order chi connectivity index (χ0) is 19.7. The normalized spacial score (nSPS) is 12.2. The van der Waals surface area contributed by atoms with Crippen molar-refractivity contribution in [1.29, 1.82) is 0 Å². The number of amides is 1. The Morgan fingerprint density at radius 3 is 2.75 bits per heavy atom. The lowest BCUT2D eigenvalue weighted by molar-refractivity contribution is 0.0909. The average Bonchev–Trinajstić information content (AvgIpc) is 3.33.